The summed E-state index contributed by atoms with van der Waals surface area (Å²) in [5.41, 5.74) is 13.1. The van der Waals surface area contributed by atoms with Crippen LogP contribution in [-0.4, -0.2) is 159 Å². The Morgan fingerprint density at radius 3 is 1.95 bits per heavy atom. The number of methoxy groups -OCH3 is 2. The Balaban J connectivity index is 1.85. The minimum Gasteiger partial charge on any atom is -0.379 e. The first-order chi connectivity index (χ1) is 36.3. The third-order valence-electron chi connectivity index (χ3n) is 15.2. The van der Waals surface area contributed by atoms with Crippen LogP contribution < -0.4 is 32.7 Å². The Labute approximate surface area is 458 Å². The lowest BCUT2D eigenvalue weighted by Crippen LogP contribution is -2.59. The molecule has 19 nitrogen and oxygen atoms in total. The van der Waals surface area contributed by atoms with Gasteiger partial charge < -0.3 is 52.0 Å². The highest BCUT2D eigenvalue weighted by atomic mass is 16.5. The van der Waals surface area contributed by atoms with E-state index in [2.05, 4.69) is 21.3 Å². The number of carbonyl (C=O) groups excluding carboxylic acids is 8. The average molecular weight is 1080 g/mol. The van der Waals surface area contributed by atoms with Crippen molar-refractivity contribution in [2.24, 2.45) is 47.0 Å². The van der Waals surface area contributed by atoms with E-state index in [1.807, 2.05) is 90.9 Å². The van der Waals surface area contributed by atoms with E-state index in [0.29, 0.717) is 43.5 Å². The van der Waals surface area contributed by atoms with Gasteiger partial charge in [0.25, 0.3) is 0 Å². The highest BCUT2D eigenvalue weighted by molar-refractivity contribution is 6.04. The normalized spacial score (nSPS) is 17.6. The van der Waals surface area contributed by atoms with Crippen molar-refractivity contribution in [3.63, 3.8) is 0 Å². The predicted octanol–water partition coefficient (Wildman–Crippen LogP) is 4.73. The molecule has 430 valence electrons. The number of nitrogens with zero attached hydrogens (tertiary/aromatic N) is 3. The number of Topliss-reactive ketones (excluding diaryl/α,β-unsaturated/α-hetero) is 2. The van der Waals surface area contributed by atoms with Gasteiger partial charge in [-0.3, -0.25) is 38.5 Å². The molecule has 0 radical (unpaired) electrons. The Kier molecular flexibility index (Phi) is 26.9. The molecule has 7 amide bonds. The zero-order chi connectivity index (χ0) is 57.8. The maximum atomic E-state index is 14.9. The molecule has 19 heteroatoms. The number of hydrogen-bond donors (Lipinski definition) is 6. The lowest BCUT2D eigenvalue weighted by molar-refractivity contribution is -0.148. The van der Waals surface area contributed by atoms with Crippen molar-refractivity contribution in [2.45, 2.75) is 162 Å². The maximum absolute atomic E-state index is 14.9. The van der Waals surface area contributed by atoms with E-state index < -0.39 is 78.1 Å². The molecule has 1 aliphatic rings. The van der Waals surface area contributed by atoms with Gasteiger partial charge in [-0.05, 0) is 93.1 Å². The molecule has 0 aliphatic carbocycles. The van der Waals surface area contributed by atoms with E-state index in [1.54, 1.807) is 61.9 Å². The predicted molar refractivity (Wildman–Crippen MR) is 299 cm³/mol. The smallest absolute Gasteiger partial charge is 0.312 e. The van der Waals surface area contributed by atoms with Crippen LogP contribution in [0.3, 0.4) is 0 Å². The van der Waals surface area contributed by atoms with Crippen molar-refractivity contribution in [1.29, 1.82) is 0 Å². The summed E-state index contributed by atoms with van der Waals surface area (Å²) in [5.74, 6) is -4.65. The second-order valence-electron chi connectivity index (χ2n) is 22.2. The minimum absolute atomic E-state index is 0.00640. The van der Waals surface area contributed by atoms with Crippen LogP contribution >= 0.6 is 0 Å². The van der Waals surface area contributed by atoms with Gasteiger partial charge in [0.05, 0.1) is 48.7 Å². The summed E-state index contributed by atoms with van der Waals surface area (Å²) in [6.45, 7) is 17.7. The van der Waals surface area contributed by atoms with Gasteiger partial charge in [-0.15, -0.1) is 0 Å². The fourth-order valence-corrected chi connectivity index (χ4v) is 10.6. The zero-order valence-electron chi connectivity index (χ0n) is 48.4. The van der Waals surface area contributed by atoms with Gasteiger partial charge in [0.2, 0.25) is 29.5 Å². The number of benzene rings is 2. The largest absolute Gasteiger partial charge is 0.379 e. The number of rotatable bonds is 32. The molecule has 11 atom stereocenters. The highest BCUT2D eigenvalue weighted by Crippen LogP contribution is 2.32. The van der Waals surface area contributed by atoms with Crippen LogP contribution in [0.4, 0.5) is 10.5 Å². The summed E-state index contributed by atoms with van der Waals surface area (Å²) in [6.07, 6.45) is 1.02. The van der Waals surface area contributed by atoms with Gasteiger partial charge >= 0.3 is 6.03 Å². The monoisotopic (exact) mass is 1080 g/mol. The highest BCUT2D eigenvalue weighted by Gasteiger charge is 2.45. The number of carbonyl (C=O) groups is 8. The van der Waals surface area contributed by atoms with Crippen molar-refractivity contribution in [2.75, 3.05) is 53.8 Å². The van der Waals surface area contributed by atoms with Crippen molar-refractivity contribution >= 4 is 52.8 Å². The number of nitrogens with one attached hydrogen (secondary N) is 4. The fourth-order valence-electron chi connectivity index (χ4n) is 10.6. The maximum Gasteiger partial charge on any atom is 0.312 e. The number of urea groups is 1. The summed E-state index contributed by atoms with van der Waals surface area (Å²) < 4.78 is 12.2. The summed E-state index contributed by atoms with van der Waals surface area (Å²) in [7, 11) is 8.45. The Hall–Kier alpha value is -5.76. The van der Waals surface area contributed by atoms with E-state index in [0.717, 1.165) is 5.56 Å². The topological polar surface area (TPSA) is 265 Å². The summed E-state index contributed by atoms with van der Waals surface area (Å²) >= 11 is 0. The molecule has 0 saturated carbocycles. The number of nitrogens with two attached hydrogens (primary N) is 2. The van der Waals surface area contributed by atoms with E-state index in [1.165, 1.54) is 14.2 Å². The molecule has 2 aromatic rings. The molecule has 3 rings (SSSR count). The third-order valence-corrected chi connectivity index (χ3v) is 15.2. The first-order valence-electron chi connectivity index (χ1n) is 27.5. The third kappa shape index (κ3) is 19.0. The Bertz CT molecular complexity index is 2240. The number of primary amides is 1. The quantitative estimate of drug-likeness (QED) is 0.0429. The van der Waals surface area contributed by atoms with Crippen molar-refractivity contribution in [1.82, 2.24) is 30.7 Å². The summed E-state index contributed by atoms with van der Waals surface area (Å²) in [4.78, 5) is 115. The molecule has 10 unspecified atom stereocenters. The molecule has 2 aromatic carbocycles. The van der Waals surface area contributed by atoms with Gasteiger partial charge in [0.15, 0.2) is 0 Å². The minimum atomic E-state index is -1.05. The van der Waals surface area contributed by atoms with Crippen LogP contribution in [0.5, 0.6) is 0 Å². The number of ether oxygens (including phenoxy) is 2. The Morgan fingerprint density at radius 2 is 1.42 bits per heavy atom. The molecular weight excluding hydrogens is 983 g/mol. The summed E-state index contributed by atoms with van der Waals surface area (Å²) in [6, 6.07) is 11.2. The lowest BCUT2D eigenvalue weighted by atomic mass is 9.80. The molecule has 8 N–H and O–H groups in total. The number of hydrogen-bond acceptors (Lipinski definition) is 12. The van der Waals surface area contributed by atoms with Crippen LogP contribution in [0.25, 0.3) is 0 Å². The first kappa shape index (κ1) is 65.5. The molecule has 1 fully saturated rings. The van der Waals surface area contributed by atoms with Crippen molar-refractivity contribution in [3.8, 4) is 0 Å². The van der Waals surface area contributed by atoms with Crippen molar-refractivity contribution < 1.29 is 47.8 Å². The standard InChI is InChI=1S/C58H93N9O10/c1-15-37(8)51(66(12)57(74)49(35(4)5)64-56(73)50(36(6)7)65(10)11)46(76-13)33-47(69)67-30-20-24-44(67)53(77-14)38(9)52(70)42(31-39-21-17-16-18-22-39)45(68)32-40-25-27-41(28-26-40)62-54(71)43(23-19-29-61-58(60)75)63-55(72)48(59)34(2)3/h16-18,21-22,25-28,34-38,42-44,46,48-51,53H,15,19-20,23-24,29-33,59H2,1-14H3,(H,62,71)(H,63,72)(H,64,73)(H3,60,61,75)/t37?,38?,42?,43?,44-,46?,48?,49?,50?,51?,53?/m0/s1. The van der Waals surface area contributed by atoms with Gasteiger partial charge in [-0.25, -0.2) is 4.79 Å². The zero-order valence-corrected chi connectivity index (χ0v) is 48.4. The van der Waals surface area contributed by atoms with E-state index >= 15 is 0 Å². The fraction of sp³-hybridized carbons (Fsp3) is 0.655. The number of amides is 7. The van der Waals surface area contributed by atoms with Crippen LogP contribution in [0.15, 0.2) is 54.6 Å². The van der Waals surface area contributed by atoms with Crippen LogP contribution in [0.2, 0.25) is 0 Å². The molecule has 0 aromatic heterocycles. The number of anilines is 1. The molecule has 0 spiro atoms. The van der Waals surface area contributed by atoms with Crippen molar-refractivity contribution in [3.05, 3.63) is 65.7 Å². The number of ketones is 2. The summed E-state index contributed by atoms with van der Waals surface area (Å²) in [5, 5.41) is 11.1. The van der Waals surface area contributed by atoms with Crippen LogP contribution in [0.1, 0.15) is 112 Å². The van der Waals surface area contributed by atoms with E-state index in [4.69, 9.17) is 20.9 Å². The van der Waals surface area contributed by atoms with Gasteiger partial charge in [0.1, 0.15) is 23.7 Å². The number of likely N-dealkylation sites (N-methyl/N-ethyl adjacent to an activating group) is 2. The van der Waals surface area contributed by atoms with Crippen LogP contribution in [-0.2, 0) is 55.9 Å². The molecule has 0 bridgehead atoms. The number of likely N-dealkylation sites (tertiary alicyclic amines) is 1. The van der Waals surface area contributed by atoms with E-state index in [-0.39, 0.29) is 85.2 Å². The van der Waals surface area contributed by atoms with E-state index in [9.17, 15) is 38.4 Å². The van der Waals surface area contributed by atoms with Gasteiger partial charge in [-0.2, -0.15) is 0 Å². The molecule has 77 heavy (non-hydrogen) atoms. The lowest BCUT2D eigenvalue weighted by Gasteiger charge is -2.41. The molecule has 1 heterocycles. The Morgan fingerprint density at radius 1 is 0.779 bits per heavy atom. The molecular formula is C58H93N9O10. The van der Waals surface area contributed by atoms with Gasteiger partial charge in [0, 0.05) is 52.4 Å². The van der Waals surface area contributed by atoms with Gasteiger partial charge in [-0.1, -0.05) is 111 Å². The molecule has 1 saturated heterocycles. The second-order valence-corrected chi connectivity index (χ2v) is 22.2. The first-order valence-corrected chi connectivity index (χ1v) is 27.5. The SMILES string of the molecule is CCC(C)C(C(CC(=O)N1CCC[C@H]1C(OC)C(C)C(=O)C(Cc1ccccc1)C(=O)Cc1ccc(NC(=O)C(CCCNC(N)=O)NC(=O)C(N)C(C)C)cc1)OC)N(C)C(=O)C(NC(=O)C(C(C)C)N(C)C)C(C)C. The average Bonchev–Trinajstić information content (AvgIpc) is 3.87. The van der Waals surface area contributed by atoms with Crippen LogP contribution in [0, 0.1) is 35.5 Å². The second kappa shape index (κ2) is 31.6. The molecule has 1 aliphatic heterocycles.